The van der Waals surface area contributed by atoms with Crippen molar-refractivity contribution in [3.05, 3.63) is 29.8 Å². The van der Waals surface area contributed by atoms with E-state index in [1.165, 1.54) is 12.1 Å². The van der Waals surface area contributed by atoms with E-state index in [1.807, 2.05) is 18.7 Å². The van der Waals surface area contributed by atoms with Crippen molar-refractivity contribution in [1.82, 2.24) is 4.90 Å². The van der Waals surface area contributed by atoms with Gasteiger partial charge in [-0.15, -0.1) is 0 Å². The number of hydrogen-bond acceptors (Lipinski definition) is 4. The minimum absolute atomic E-state index is 0.0256. The number of aromatic hydroxyl groups is 1. The average Bonchev–Trinajstić information content (AvgIpc) is 2.40. The number of hydrogen-bond donors (Lipinski definition) is 1. The molecule has 104 valence electrons. The van der Waals surface area contributed by atoms with E-state index in [9.17, 15) is 4.79 Å². The minimum atomic E-state index is -0.0256. The van der Waals surface area contributed by atoms with Crippen LogP contribution < -0.4 is 0 Å². The van der Waals surface area contributed by atoms with Gasteiger partial charge in [-0.1, -0.05) is 0 Å². The quantitative estimate of drug-likeness (QED) is 0.641. The zero-order chi connectivity index (χ0) is 14.3. The number of phenolic OH excluding ortho intramolecular Hbond substituents is 1. The lowest BCUT2D eigenvalue weighted by molar-refractivity contribution is 0.0955. The van der Waals surface area contributed by atoms with Crippen molar-refractivity contribution >= 4 is 23.2 Å². The molecule has 1 rings (SSSR count). The van der Waals surface area contributed by atoms with Gasteiger partial charge in [0.2, 0.25) is 0 Å². The highest BCUT2D eigenvalue weighted by molar-refractivity contribution is 7.80. The summed E-state index contributed by atoms with van der Waals surface area (Å²) in [5.74, 6) is 0.123. The first-order valence-electron chi connectivity index (χ1n) is 6.32. The van der Waals surface area contributed by atoms with Crippen molar-refractivity contribution < 1.29 is 14.6 Å². The summed E-state index contributed by atoms with van der Waals surface area (Å²) in [4.78, 5) is 13.7. The lowest BCUT2D eigenvalue weighted by Gasteiger charge is -2.21. The summed E-state index contributed by atoms with van der Waals surface area (Å²) >= 11 is 5.12. The Morgan fingerprint density at radius 2 is 1.84 bits per heavy atom. The molecule has 0 spiro atoms. The van der Waals surface area contributed by atoms with Gasteiger partial charge >= 0.3 is 0 Å². The molecule has 0 aliphatic rings. The molecular weight excluding hydrogens is 262 g/mol. The van der Waals surface area contributed by atoms with Crippen LogP contribution in [0.5, 0.6) is 5.75 Å². The van der Waals surface area contributed by atoms with Gasteiger partial charge in [-0.3, -0.25) is 4.79 Å². The molecule has 1 aromatic carbocycles. The summed E-state index contributed by atoms with van der Waals surface area (Å²) in [6.45, 7) is 5.86. The SMILES string of the molecule is CCN(CC)C(=S)OCCC(=O)c1ccc(O)cc1. The molecule has 0 unspecified atom stereocenters. The number of rotatable bonds is 6. The maximum absolute atomic E-state index is 11.8. The highest BCUT2D eigenvalue weighted by Gasteiger charge is 2.09. The average molecular weight is 281 g/mol. The number of carbonyl (C=O) groups is 1. The first-order chi connectivity index (χ1) is 9.08. The Kier molecular flexibility index (Phi) is 6.29. The lowest BCUT2D eigenvalue weighted by atomic mass is 10.1. The molecule has 0 bridgehead atoms. The van der Waals surface area contributed by atoms with Crippen molar-refractivity contribution in [2.45, 2.75) is 20.3 Å². The van der Waals surface area contributed by atoms with Crippen molar-refractivity contribution in [2.75, 3.05) is 19.7 Å². The van der Waals surface area contributed by atoms with Crippen LogP contribution in [0.1, 0.15) is 30.6 Å². The number of carbonyl (C=O) groups excluding carboxylic acids is 1. The van der Waals surface area contributed by atoms with Gasteiger partial charge in [-0.2, -0.15) is 0 Å². The topological polar surface area (TPSA) is 49.8 Å². The molecule has 0 fully saturated rings. The molecule has 5 heteroatoms. The number of ketones is 1. The van der Waals surface area contributed by atoms with Crippen LogP contribution in [0, 0.1) is 0 Å². The first kappa shape index (κ1) is 15.4. The molecule has 0 saturated carbocycles. The van der Waals surface area contributed by atoms with Gasteiger partial charge < -0.3 is 14.7 Å². The molecule has 0 aliphatic carbocycles. The molecule has 0 aliphatic heterocycles. The molecular formula is C14H19NO3S. The molecule has 4 nitrogen and oxygen atoms in total. The maximum atomic E-state index is 11.8. The third kappa shape index (κ3) is 4.87. The van der Waals surface area contributed by atoms with Crippen molar-refractivity contribution in [3.8, 4) is 5.75 Å². The zero-order valence-electron chi connectivity index (χ0n) is 11.3. The molecule has 0 amide bonds. The zero-order valence-corrected chi connectivity index (χ0v) is 12.1. The second kappa shape index (κ2) is 7.74. The van der Waals surface area contributed by atoms with E-state index in [1.54, 1.807) is 12.1 Å². The number of nitrogens with zero attached hydrogens (tertiary/aromatic N) is 1. The monoisotopic (exact) mass is 281 g/mol. The number of phenols is 1. The van der Waals surface area contributed by atoms with Crippen molar-refractivity contribution in [2.24, 2.45) is 0 Å². The molecule has 0 heterocycles. The van der Waals surface area contributed by atoms with Crippen LogP contribution in [-0.2, 0) is 4.74 Å². The summed E-state index contributed by atoms with van der Waals surface area (Å²) in [6.07, 6.45) is 0.270. The summed E-state index contributed by atoms with van der Waals surface area (Å²) in [6, 6.07) is 6.18. The second-order valence-electron chi connectivity index (χ2n) is 4.01. The maximum Gasteiger partial charge on any atom is 0.259 e. The lowest BCUT2D eigenvalue weighted by Crippen LogP contribution is -2.31. The van der Waals surface area contributed by atoms with Gasteiger partial charge in [0.25, 0.3) is 5.17 Å². The fraction of sp³-hybridized carbons (Fsp3) is 0.429. The van der Waals surface area contributed by atoms with Gasteiger partial charge in [0.05, 0.1) is 6.61 Å². The van der Waals surface area contributed by atoms with E-state index >= 15 is 0 Å². The Hall–Kier alpha value is -1.62. The summed E-state index contributed by atoms with van der Waals surface area (Å²) < 4.78 is 5.39. The van der Waals surface area contributed by atoms with Crippen molar-refractivity contribution in [3.63, 3.8) is 0 Å². The normalized spacial score (nSPS) is 10.0. The molecule has 0 atom stereocenters. The fourth-order valence-electron chi connectivity index (χ4n) is 1.60. The first-order valence-corrected chi connectivity index (χ1v) is 6.73. The van der Waals surface area contributed by atoms with Crippen LogP contribution in [-0.4, -0.2) is 40.7 Å². The number of thiocarbonyl (C=S) groups is 1. The summed E-state index contributed by atoms with van der Waals surface area (Å²) in [5, 5.41) is 9.58. The molecule has 1 N–H and O–H groups in total. The van der Waals surface area contributed by atoms with Crippen LogP contribution in [0.25, 0.3) is 0 Å². The standard InChI is InChI=1S/C14H19NO3S/c1-3-15(4-2)14(19)18-10-9-13(17)11-5-7-12(16)8-6-11/h5-8,16H,3-4,9-10H2,1-2H3. The predicted octanol–water partition coefficient (Wildman–Crippen LogP) is 2.61. The van der Waals surface area contributed by atoms with E-state index < -0.39 is 0 Å². The van der Waals surface area contributed by atoms with Crippen LogP contribution in [0.15, 0.2) is 24.3 Å². The second-order valence-corrected chi connectivity index (χ2v) is 4.36. The van der Waals surface area contributed by atoms with Gasteiger partial charge in [0.15, 0.2) is 5.78 Å². The van der Waals surface area contributed by atoms with Crippen LogP contribution in [0.4, 0.5) is 0 Å². The van der Waals surface area contributed by atoms with Gasteiger partial charge in [0, 0.05) is 25.1 Å². The third-order valence-corrected chi connectivity index (χ3v) is 3.14. The summed E-state index contributed by atoms with van der Waals surface area (Å²) in [5.41, 5.74) is 0.565. The third-order valence-electron chi connectivity index (χ3n) is 2.77. The number of ether oxygens (including phenoxy) is 1. The number of Topliss-reactive ketones (excluding diaryl/α,β-unsaturated/α-hetero) is 1. The minimum Gasteiger partial charge on any atom is -0.508 e. The smallest absolute Gasteiger partial charge is 0.259 e. The molecule has 0 aromatic heterocycles. The Morgan fingerprint density at radius 3 is 2.37 bits per heavy atom. The molecule has 0 radical (unpaired) electrons. The number of benzene rings is 1. The molecule has 0 saturated heterocycles. The summed E-state index contributed by atoms with van der Waals surface area (Å²) in [7, 11) is 0. The van der Waals surface area contributed by atoms with Crippen LogP contribution >= 0.6 is 12.2 Å². The van der Waals surface area contributed by atoms with E-state index in [2.05, 4.69) is 0 Å². The fourth-order valence-corrected chi connectivity index (χ4v) is 1.94. The van der Waals surface area contributed by atoms with Crippen molar-refractivity contribution in [1.29, 1.82) is 0 Å². The van der Waals surface area contributed by atoms with Crippen LogP contribution in [0.2, 0.25) is 0 Å². The predicted molar refractivity (Wildman–Crippen MR) is 78.5 cm³/mol. The Balaban J connectivity index is 2.39. The Labute approximate surface area is 119 Å². The highest BCUT2D eigenvalue weighted by atomic mass is 32.1. The Morgan fingerprint density at radius 1 is 1.26 bits per heavy atom. The van der Waals surface area contributed by atoms with E-state index in [-0.39, 0.29) is 24.6 Å². The van der Waals surface area contributed by atoms with Crippen LogP contribution in [0.3, 0.4) is 0 Å². The van der Waals surface area contributed by atoms with Gasteiger partial charge in [-0.05, 0) is 50.3 Å². The van der Waals surface area contributed by atoms with Gasteiger partial charge in [-0.25, -0.2) is 0 Å². The molecule has 1 aromatic rings. The largest absolute Gasteiger partial charge is 0.508 e. The van der Waals surface area contributed by atoms with E-state index in [4.69, 9.17) is 22.1 Å². The highest BCUT2D eigenvalue weighted by Crippen LogP contribution is 2.11. The Bertz CT molecular complexity index is 427. The van der Waals surface area contributed by atoms with Gasteiger partial charge in [0.1, 0.15) is 5.75 Å². The van der Waals surface area contributed by atoms with E-state index in [0.29, 0.717) is 10.7 Å². The van der Waals surface area contributed by atoms with E-state index in [0.717, 1.165) is 13.1 Å². The molecule has 19 heavy (non-hydrogen) atoms.